The van der Waals surface area contributed by atoms with Crippen LogP contribution in [0.2, 0.25) is 0 Å². The second kappa shape index (κ2) is 12.2. The molecule has 4 aliphatic carbocycles. The van der Waals surface area contributed by atoms with E-state index < -0.39 is 5.41 Å². The minimum atomic E-state index is -0.586. The summed E-state index contributed by atoms with van der Waals surface area (Å²) in [4.78, 5) is 41.2. The number of rotatable bonds is 9. The van der Waals surface area contributed by atoms with Gasteiger partial charge in [0.2, 0.25) is 5.91 Å². The zero-order chi connectivity index (χ0) is 32.8. The number of allylic oxidation sites excluding steroid dienone is 3. The number of esters is 1. The standard InChI is InChI=1S/C40H57NO4/c1-9-23-41-33(43)16-17-38(6)29(27(2)3)15-18-40(8)34(38)32(42)24-30-31-25-37(5,20-19-36(31,4)21-22-39(30,40)7)35(44)45-26-28-13-11-10-12-14-28/h10-14,24,29,31,34H,2,9,15-23,25-26H2,1,3-8H3,(H,41,43)/t29-,31-,34+,36+,37-,38-,39+,40+/m0/s1. The lowest BCUT2D eigenvalue weighted by atomic mass is 9.35. The molecule has 3 fully saturated rings. The third-order valence-corrected chi connectivity index (χ3v) is 13.6. The fourth-order valence-corrected chi connectivity index (χ4v) is 10.5. The molecule has 0 unspecified atom stereocenters. The Hall–Kier alpha value is -2.69. The van der Waals surface area contributed by atoms with E-state index in [1.807, 2.05) is 36.4 Å². The Balaban J connectivity index is 1.47. The zero-order valence-electron chi connectivity index (χ0n) is 29.0. The molecule has 0 spiro atoms. The SMILES string of the molecule is C=C(C)[C@@H]1CC[C@]2(C)[C@H](C(=O)C=C3[C@@H]4C[C@@](C)(C(=O)OCc5ccccc5)CC[C@]4(C)CC[C@]32C)[C@@]1(C)CCC(=O)NCCC. The number of carbonyl (C=O) groups excluding carboxylic acids is 3. The lowest BCUT2D eigenvalue weighted by Crippen LogP contribution is -2.63. The summed E-state index contributed by atoms with van der Waals surface area (Å²) in [6.45, 7) is 21.1. The van der Waals surface area contributed by atoms with Gasteiger partial charge in [0.15, 0.2) is 5.78 Å². The molecule has 5 heteroatoms. The van der Waals surface area contributed by atoms with Gasteiger partial charge in [-0.2, -0.15) is 0 Å². The highest BCUT2D eigenvalue weighted by Crippen LogP contribution is 2.73. The second-order valence-corrected chi connectivity index (χ2v) is 16.5. The largest absolute Gasteiger partial charge is 0.460 e. The van der Waals surface area contributed by atoms with Crippen molar-refractivity contribution >= 4 is 17.7 Å². The van der Waals surface area contributed by atoms with Crippen LogP contribution in [0.25, 0.3) is 0 Å². The number of hydrogen-bond donors (Lipinski definition) is 1. The maximum absolute atomic E-state index is 14.7. The fraction of sp³-hybridized carbons (Fsp3) is 0.675. The minimum absolute atomic E-state index is 0.0591. The van der Waals surface area contributed by atoms with Crippen LogP contribution in [0, 0.1) is 44.8 Å². The average molecular weight is 616 g/mol. The number of ketones is 1. The first kappa shape index (κ1) is 33.7. The minimum Gasteiger partial charge on any atom is -0.460 e. The van der Waals surface area contributed by atoms with Gasteiger partial charge in [0.05, 0.1) is 5.41 Å². The molecule has 1 N–H and O–H groups in total. The summed E-state index contributed by atoms with van der Waals surface area (Å²) in [6.07, 6.45) is 10.6. The number of carbonyl (C=O) groups is 3. The summed E-state index contributed by atoms with van der Waals surface area (Å²) in [5.41, 5.74) is 2.11. The number of benzene rings is 1. The molecule has 5 rings (SSSR count). The van der Waals surface area contributed by atoms with Gasteiger partial charge in [-0.15, -0.1) is 0 Å². The van der Waals surface area contributed by atoms with Crippen LogP contribution in [0.4, 0.5) is 0 Å². The van der Waals surface area contributed by atoms with E-state index in [2.05, 4.69) is 60.4 Å². The molecule has 0 aromatic heterocycles. The molecule has 45 heavy (non-hydrogen) atoms. The Morgan fingerprint density at radius 2 is 1.69 bits per heavy atom. The van der Waals surface area contributed by atoms with Crippen LogP contribution in [0.15, 0.2) is 54.1 Å². The van der Waals surface area contributed by atoms with Crippen molar-refractivity contribution in [3.8, 4) is 0 Å². The molecule has 0 saturated heterocycles. The van der Waals surface area contributed by atoms with Gasteiger partial charge >= 0.3 is 5.97 Å². The van der Waals surface area contributed by atoms with Gasteiger partial charge < -0.3 is 10.1 Å². The number of fused-ring (bicyclic) bond motifs is 5. The smallest absolute Gasteiger partial charge is 0.312 e. The van der Waals surface area contributed by atoms with Crippen molar-refractivity contribution in [3.05, 3.63) is 59.7 Å². The summed E-state index contributed by atoms with van der Waals surface area (Å²) in [7, 11) is 0. The van der Waals surface area contributed by atoms with Gasteiger partial charge in [-0.3, -0.25) is 14.4 Å². The predicted molar refractivity (Wildman–Crippen MR) is 180 cm³/mol. The summed E-state index contributed by atoms with van der Waals surface area (Å²) >= 11 is 0. The van der Waals surface area contributed by atoms with E-state index in [0.29, 0.717) is 19.4 Å². The third-order valence-electron chi connectivity index (χ3n) is 13.6. The maximum atomic E-state index is 14.7. The van der Waals surface area contributed by atoms with Crippen molar-refractivity contribution in [3.63, 3.8) is 0 Å². The Morgan fingerprint density at radius 3 is 2.36 bits per heavy atom. The molecule has 8 atom stereocenters. The Labute approximate surface area is 272 Å². The van der Waals surface area contributed by atoms with Gasteiger partial charge in [0.1, 0.15) is 6.61 Å². The van der Waals surface area contributed by atoms with Crippen molar-refractivity contribution in [2.24, 2.45) is 44.8 Å². The van der Waals surface area contributed by atoms with Crippen LogP contribution in [0.5, 0.6) is 0 Å². The number of nitrogens with one attached hydrogen (secondary N) is 1. The van der Waals surface area contributed by atoms with Crippen molar-refractivity contribution < 1.29 is 19.1 Å². The van der Waals surface area contributed by atoms with Crippen molar-refractivity contribution in [2.75, 3.05) is 6.54 Å². The molecule has 3 saturated carbocycles. The Kier molecular flexibility index (Phi) is 9.09. The molecular weight excluding hydrogens is 558 g/mol. The van der Waals surface area contributed by atoms with Crippen LogP contribution >= 0.6 is 0 Å². The van der Waals surface area contributed by atoms with Gasteiger partial charge in [-0.05, 0) is 117 Å². The van der Waals surface area contributed by atoms with Crippen LogP contribution in [-0.2, 0) is 25.7 Å². The van der Waals surface area contributed by atoms with Crippen LogP contribution in [0.1, 0.15) is 118 Å². The number of amides is 1. The maximum Gasteiger partial charge on any atom is 0.312 e. The molecule has 0 aliphatic heterocycles. The van der Waals surface area contributed by atoms with E-state index in [-0.39, 0.29) is 63.7 Å². The number of hydrogen-bond acceptors (Lipinski definition) is 4. The highest BCUT2D eigenvalue weighted by molar-refractivity contribution is 5.96. The summed E-state index contributed by atoms with van der Waals surface area (Å²) in [5.74, 6) is 0.349. The number of ether oxygens (including phenoxy) is 1. The quantitative estimate of drug-likeness (QED) is 0.223. The topological polar surface area (TPSA) is 72.5 Å². The van der Waals surface area contributed by atoms with Crippen LogP contribution < -0.4 is 5.32 Å². The third kappa shape index (κ3) is 5.65. The van der Waals surface area contributed by atoms with Crippen molar-refractivity contribution in [2.45, 2.75) is 119 Å². The van der Waals surface area contributed by atoms with Crippen molar-refractivity contribution in [1.29, 1.82) is 0 Å². The van der Waals surface area contributed by atoms with E-state index in [0.717, 1.165) is 62.5 Å². The lowest BCUT2D eigenvalue weighted by Gasteiger charge is -2.68. The Morgan fingerprint density at radius 1 is 1.00 bits per heavy atom. The monoisotopic (exact) mass is 615 g/mol. The first-order valence-corrected chi connectivity index (χ1v) is 17.5. The molecule has 1 aromatic carbocycles. The molecule has 0 radical (unpaired) electrons. The van der Waals surface area contributed by atoms with Crippen LogP contribution in [0.3, 0.4) is 0 Å². The van der Waals surface area contributed by atoms with Gasteiger partial charge in [-0.25, -0.2) is 0 Å². The summed E-state index contributed by atoms with van der Waals surface area (Å²) in [5, 5.41) is 3.05. The molecular formula is C40H57NO4. The highest BCUT2D eigenvalue weighted by atomic mass is 16.5. The van der Waals surface area contributed by atoms with Gasteiger partial charge in [0, 0.05) is 18.9 Å². The summed E-state index contributed by atoms with van der Waals surface area (Å²) < 4.78 is 5.94. The van der Waals surface area contributed by atoms with Crippen molar-refractivity contribution in [1.82, 2.24) is 5.32 Å². The average Bonchev–Trinajstić information content (AvgIpc) is 3.00. The van der Waals surface area contributed by atoms with E-state index in [9.17, 15) is 14.4 Å². The fourth-order valence-electron chi connectivity index (χ4n) is 10.5. The lowest BCUT2D eigenvalue weighted by molar-refractivity contribution is -0.169. The molecule has 1 aromatic rings. The first-order valence-electron chi connectivity index (χ1n) is 17.5. The van der Waals surface area contributed by atoms with E-state index in [1.165, 1.54) is 5.57 Å². The molecule has 1 amide bonds. The molecule has 0 bridgehead atoms. The van der Waals surface area contributed by atoms with E-state index in [1.54, 1.807) is 0 Å². The summed E-state index contributed by atoms with van der Waals surface area (Å²) in [6, 6.07) is 9.89. The molecule has 246 valence electrons. The molecule has 4 aliphatic rings. The van der Waals surface area contributed by atoms with E-state index >= 15 is 0 Å². The normalized spacial score (nSPS) is 39.0. The Bertz CT molecular complexity index is 1370. The zero-order valence-corrected chi connectivity index (χ0v) is 29.0. The first-order chi connectivity index (χ1) is 21.1. The van der Waals surface area contributed by atoms with Gasteiger partial charge in [-0.1, -0.05) is 82.7 Å². The molecule has 0 heterocycles. The predicted octanol–water partition coefficient (Wildman–Crippen LogP) is 8.77. The van der Waals surface area contributed by atoms with E-state index in [4.69, 9.17) is 4.74 Å². The second-order valence-electron chi connectivity index (χ2n) is 16.5. The highest BCUT2D eigenvalue weighted by Gasteiger charge is 2.68. The van der Waals surface area contributed by atoms with Gasteiger partial charge in [0.25, 0.3) is 0 Å². The molecule has 5 nitrogen and oxygen atoms in total. The van der Waals surface area contributed by atoms with Crippen LogP contribution in [-0.4, -0.2) is 24.2 Å².